The van der Waals surface area contributed by atoms with E-state index < -0.39 is 6.04 Å². The number of amides is 1. The summed E-state index contributed by atoms with van der Waals surface area (Å²) in [5, 5.41) is 14.7. The molecule has 2 N–H and O–H groups in total. The number of nitrogens with zero attached hydrogens (tertiary/aromatic N) is 6. The Kier molecular flexibility index (Phi) is 6.04. The van der Waals surface area contributed by atoms with Gasteiger partial charge in [0.05, 0.1) is 34.0 Å². The van der Waals surface area contributed by atoms with Crippen molar-refractivity contribution in [1.29, 1.82) is 0 Å². The van der Waals surface area contributed by atoms with Gasteiger partial charge >= 0.3 is 0 Å². The zero-order chi connectivity index (χ0) is 26.9. The highest BCUT2D eigenvalue weighted by Gasteiger charge is 2.24. The minimum Gasteiger partial charge on any atom is -0.342 e. The number of para-hydroxylation sites is 1. The van der Waals surface area contributed by atoms with E-state index in [0.29, 0.717) is 39.3 Å². The molecule has 6 rings (SSSR count). The highest BCUT2D eigenvalue weighted by atomic mass is 16.2. The summed E-state index contributed by atoms with van der Waals surface area (Å²) in [5.74, 6) is 0.0581. The third-order valence-corrected chi connectivity index (χ3v) is 6.47. The number of aryl methyl sites for hydroxylation is 1. The fourth-order valence-corrected chi connectivity index (χ4v) is 4.66. The van der Waals surface area contributed by atoms with Crippen molar-refractivity contribution in [2.75, 3.05) is 0 Å². The van der Waals surface area contributed by atoms with E-state index in [4.69, 9.17) is 4.98 Å². The largest absolute Gasteiger partial charge is 0.342 e. The molecule has 0 unspecified atom stereocenters. The van der Waals surface area contributed by atoms with E-state index in [-0.39, 0.29) is 11.5 Å². The molecule has 0 saturated carbocycles. The van der Waals surface area contributed by atoms with E-state index in [2.05, 4.69) is 25.6 Å². The molecule has 2 aromatic carbocycles. The number of hydrogen-bond acceptors (Lipinski definition) is 6. The Balaban J connectivity index is 1.47. The number of carbonyl (C=O) groups excluding carboxylic acids is 1. The first kappa shape index (κ1) is 24.0. The lowest BCUT2D eigenvalue weighted by Gasteiger charge is -2.20. The fraction of sp³-hybridized carbons (Fsp3) is 0.103. The Morgan fingerprint density at radius 1 is 1.03 bits per heavy atom. The van der Waals surface area contributed by atoms with Crippen molar-refractivity contribution in [3.05, 3.63) is 118 Å². The molecule has 192 valence electrons. The molecule has 39 heavy (non-hydrogen) atoms. The summed E-state index contributed by atoms with van der Waals surface area (Å²) >= 11 is 0. The predicted molar refractivity (Wildman–Crippen MR) is 148 cm³/mol. The second-order valence-electron chi connectivity index (χ2n) is 9.08. The van der Waals surface area contributed by atoms with Gasteiger partial charge in [-0.25, -0.2) is 14.5 Å². The third kappa shape index (κ3) is 4.37. The highest BCUT2D eigenvalue weighted by molar-refractivity contribution is 6.01. The summed E-state index contributed by atoms with van der Waals surface area (Å²) in [4.78, 5) is 36.8. The maximum atomic E-state index is 14.1. The second kappa shape index (κ2) is 9.82. The molecule has 1 amide bonds. The van der Waals surface area contributed by atoms with Crippen LogP contribution in [0.2, 0.25) is 0 Å². The Morgan fingerprint density at radius 3 is 2.67 bits per heavy atom. The van der Waals surface area contributed by atoms with Crippen molar-refractivity contribution in [3.63, 3.8) is 0 Å². The van der Waals surface area contributed by atoms with E-state index in [1.165, 1.54) is 0 Å². The minimum atomic E-state index is -0.614. The first-order valence-corrected chi connectivity index (χ1v) is 12.4. The van der Waals surface area contributed by atoms with Gasteiger partial charge in [-0.05, 0) is 55.8 Å². The molecule has 0 aliphatic carbocycles. The van der Waals surface area contributed by atoms with Crippen LogP contribution in [0.4, 0.5) is 0 Å². The van der Waals surface area contributed by atoms with Crippen LogP contribution in [0.3, 0.4) is 0 Å². The first-order valence-electron chi connectivity index (χ1n) is 12.4. The zero-order valence-corrected chi connectivity index (χ0v) is 21.2. The standard InChI is InChI=1S/C29H24N8O2/c1-18-24(27-30-15-7-17-36(27)35-18)28(38)32-19(2)26-33-23-11-6-8-20(12-13-21-14-16-31-34-21)25(23)29(39)37(26)22-9-4-3-5-10-22/h3-17,19H,1-2H3,(H,31,34)(H,32,38)/b13-12+/t19-/m0/s1. The van der Waals surface area contributed by atoms with Crippen LogP contribution in [-0.4, -0.2) is 40.3 Å². The highest BCUT2D eigenvalue weighted by Crippen LogP contribution is 2.22. The van der Waals surface area contributed by atoms with Gasteiger partial charge in [0, 0.05) is 18.6 Å². The van der Waals surface area contributed by atoms with Crippen LogP contribution in [0.1, 0.15) is 46.1 Å². The van der Waals surface area contributed by atoms with Gasteiger partial charge in [0.15, 0.2) is 5.65 Å². The van der Waals surface area contributed by atoms with Crippen LogP contribution in [-0.2, 0) is 0 Å². The van der Waals surface area contributed by atoms with Crippen molar-refractivity contribution in [2.45, 2.75) is 19.9 Å². The normalized spacial score (nSPS) is 12.4. The lowest BCUT2D eigenvalue weighted by molar-refractivity contribution is 0.0938. The van der Waals surface area contributed by atoms with E-state index in [9.17, 15) is 9.59 Å². The molecule has 0 aliphatic rings. The number of hydrogen-bond donors (Lipinski definition) is 2. The molecular weight excluding hydrogens is 492 g/mol. The van der Waals surface area contributed by atoms with Gasteiger partial charge in [0.25, 0.3) is 11.5 Å². The lowest BCUT2D eigenvalue weighted by atomic mass is 10.1. The molecule has 10 heteroatoms. The van der Waals surface area contributed by atoms with Crippen molar-refractivity contribution < 1.29 is 4.79 Å². The molecule has 0 fully saturated rings. The molecule has 0 radical (unpaired) electrons. The van der Waals surface area contributed by atoms with Crippen LogP contribution in [0.5, 0.6) is 0 Å². The molecule has 10 nitrogen and oxygen atoms in total. The van der Waals surface area contributed by atoms with Crippen molar-refractivity contribution in [3.8, 4) is 5.69 Å². The number of aromatic amines is 1. The SMILES string of the molecule is Cc1nn2cccnc2c1C(=O)N[C@@H](C)c1nc2cccc(/C=C/c3ccn[nH]3)c2c(=O)n1-c1ccccc1. The molecule has 0 aliphatic heterocycles. The van der Waals surface area contributed by atoms with E-state index in [1.807, 2.05) is 60.7 Å². The van der Waals surface area contributed by atoms with Gasteiger partial charge in [0.2, 0.25) is 0 Å². The van der Waals surface area contributed by atoms with Crippen LogP contribution >= 0.6 is 0 Å². The first-order chi connectivity index (χ1) is 19.0. The molecular formula is C29H24N8O2. The molecule has 6 aromatic rings. The predicted octanol–water partition coefficient (Wildman–Crippen LogP) is 4.12. The summed E-state index contributed by atoms with van der Waals surface area (Å²) in [5.41, 5.74) is 3.87. The van der Waals surface area contributed by atoms with E-state index >= 15 is 0 Å². The third-order valence-electron chi connectivity index (χ3n) is 6.47. The smallest absolute Gasteiger partial charge is 0.266 e. The van der Waals surface area contributed by atoms with Gasteiger partial charge in [-0.1, -0.05) is 36.4 Å². The maximum absolute atomic E-state index is 14.1. The fourth-order valence-electron chi connectivity index (χ4n) is 4.66. The van der Waals surface area contributed by atoms with Crippen LogP contribution in [0, 0.1) is 6.92 Å². The van der Waals surface area contributed by atoms with Gasteiger partial charge in [-0.2, -0.15) is 10.2 Å². The summed E-state index contributed by atoms with van der Waals surface area (Å²) in [7, 11) is 0. The van der Waals surface area contributed by atoms with Gasteiger partial charge in [-0.15, -0.1) is 0 Å². The lowest BCUT2D eigenvalue weighted by Crippen LogP contribution is -2.33. The van der Waals surface area contributed by atoms with Crippen LogP contribution < -0.4 is 10.9 Å². The topological polar surface area (TPSA) is 123 Å². The number of nitrogens with one attached hydrogen (secondary N) is 2. The Labute approximate surface area is 222 Å². The number of H-pyrrole nitrogens is 1. The second-order valence-corrected chi connectivity index (χ2v) is 9.08. The zero-order valence-electron chi connectivity index (χ0n) is 21.2. The Morgan fingerprint density at radius 2 is 1.87 bits per heavy atom. The van der Waals surface area contributed by atoms with Crippen molar-refractivity contribution in [1.82, 2.24) is 39.7 Å². The number of rotatable bonds is 6. The summed E-state index contributed by atoms with van der Waals surface area (Å²) in [6.07, 6.45) is 8.75. The monoisotopic (exact) mass is 516 g/mol. The number of benzene rings is 2. The summed E-state index contributed by atoms with van der Waals surface area (Å²) in [6.45, 7) is 3.57. The molecule has 4 aromatic heterocycles. The Bertz CT molecular complexity index is 1900. The van der Waals surface area contributed by atoms with E-state index in [1.54, 1.807) is 53.7 Å². The molecule has 4 heterocycles. The number of carbonyl (C=O) groups is 1. The summed E-state index contributed by atoms with van der Waals surface area (Å²) in [6, 6.07) is 17.8. The van der Waals surface area contributed by atoms with Crippen LogP contribution in [0.15, 0.2) is 84.0 Å². The Hall–Kier alpha value is -5.38. The summed E-state index contributed by atoms with van der Waals surface area (Å²) < 4.78 is 3.13. The van der Waals surface area contributed by atoms with Crippen molar-refractivity contribution in [2.24, 2.45) is 0 Å². The number of fused-ring (bicyclic) bond motifs is 2. The molecule has 1 atom stereocenters. The quantitative estimate of drug-likeness (QED) is 0.343. The number of aromatic nitrogens is 7. The molecule has 0 saturated heterocycles. The van der Waals surface area contributed by atoms with Crippen LogP contribution in [0.25, 0.3) is 34.4 Å². The maximum Gasteiger partial charge on any atom is 0.266 e. The molecule has 0 spiro atoms. The van der Waals surface area contributed by atoms with Gasteiger partial charge in [-0.3, -0.25) is 19.3 Å². The van der Waals surface area contributed by atoms with Crippen molar-refractivity contribution >= 4 is 34.6 Å². The molecule has 0 bridgehead atoms. The average Bonchev–Trinajstić information content (AvgIpc) is 3.59. The minimum absolute atomic E-state index is 0.235. The average molecular weight is 517 g/mol. The van der Waals surface area contributed by atoms with Gasteiger partial charge in [0.1, 0.15) is 11.4 Å². The van der Waals surface area contributed by atoms with E-state index in [0.717, 1.165) is 11.3 Å². The van der Waals surface area contributed by atoms with Gasteiger partial charge < -0.3 is 5.32 Å².